The molecule has 0 saturated carbocycles. The lowest BCUT2D eigenvalue weighted by atomic mass is 9.84. The number of amides is 2. The lowest BCUT2D eigenvalue weighted by Crippen LogP contribution is -2.32. The Morgan fingerprint density at radius 3 is 1.96 bits per heavy atom. The van der Waals surface area contributed by atoms with Crippen LogP contribution in [0, 0.1) is 10.8 Å². The average molecular weight is 318 g/mol. The zero-order chi connectivity index (χ0) is 17.7. The molecule has 0 atom stereocenters. The highest BCUT2D eigenvalue weighted by Crippen LogP contribution is 2.28. The Balaban J connectivity index is 2.78. The highest BCUT2D eigenvalue weighted by molar-refractivity contribution is 5.96. The number of hydrogen-bond acceptors (Lipinski definition) is 2. The number of anilines is 2. The lowest BCUT2D eigenvalue weighted by molar-refractivity contribution is -0.125. The third-order valence-electron chi connectivity index (χ3n) is 4.20. The second-order valence-corrected chi connectivity index (χ2v) is 7.59. The third-order valence-corrected chi connectivity index (χ3v) is 4.20. The van der Waals surface area contributed by atoms with Gasteiger partial charge in [0.2, 0.25) is 11.8 Å². The number of hydrogen-bond donors (Lipinski definition) is 2. The molecule has 1 aromatic carbocycles. The Bertz CT molecular complexity index is 555. The van der Waals surface area contributed by atoms with E-state index in [-0.39, 0.29) is 22.6 Å². The average Bonchev–Trinajstić information content (AvgIpc) is 2.44. The maximum absolute atomic E-state index is 12.4. The van der Waals surface area contributed by atoms with Crippen molar-refractivity contribution in [3.8, 4) is 0 Å². The molecule has 4 heteroatoms. The van der Waals surface area contributed by atoms with Crippen LogP contribution in [0.1, 0.15) is 60.8 Å². The van der Waals surface area contributed by atoms with Gasteiger partial charge in [0, 0.05) is 23.2 Å². The second-order valence-electron chi connectivity index (χ2n) is 7.59. The fourth-order valence-electron chi connectivity index (χ4n) is 2.21. The van der Waals surface area contributed by atoms with Gasteiger partial charge >= 0.3 is 0 Å². The molecule has 0 heterocycles. The molecule has 0 bridgehead atoms. The van der Waals surface area contributed by atoms with Crippen LogP contribution in [0.25, 0.3) is 0 Å². The summed E-state index contributed by atoms with van der Waals surface area (Å²) in [6, 6.07) is 7.29. The Hall–Kier alpha value is -1.84. The number of carbonyl (C=O) groups excluding carboxylic acids is 2. The molecule has 4 nitrogen and oxygen atoms in total. The summed E-state index contributed by atoms with van der Waals surface area (Å²) in [4.78, 5) is 24.4. The van der Waals surface area contributed by atoms with Crippen molar-refractivity contribution in [2.75, 3.05) is 10.6 Å². The quantitative estimate of drug-likeness (QED) is 0.789. The zero-order valence-corrected chi connectivity index (χ0v) is 15.2. The first-order chi connectivity index (χ1) is 10.6. The van der Waals surface area contributed by atoms with Crippen LogP contribution in [0.4, 0.5) is 11.4 Å². The lowest BCUT2D eigenvalue weighted by Gasteiger charge is -2.25. The van der Waals surface area contributed by atoms with Gasteiger partial charge in [0.25, 0.3) is 0 Å². The van der Waals surface area contributed by atoms with E-state index >= 15 is 0 Å². The first-order valence-corrected chi connectivity index (χ1v) is 8.31. The fourth-order valence-corrected chi connectivity index (χ4v) is 2.21. The third kappa shape index (κ3) is 6.05. The van der Waals surface area contributed by atoms with Crippen LogP contribution in [-0.4, -0.2) is 11.8 Å². The summed E-state index contributed by atoms with van der Waals surface area (Å²) in [5.74, 6) is -0.00593. The van der Waals surface area contributed by atoms with E-state index in [1.165, 1.54) is 0 Å². The largest absolute Gasteiger partial charge is 0.326 e. The van der Waals surface area contributed by atoms with Crippen LogP contribution in [0.2, 0.25) is 0 Å². The first-order valence-electron chi connectivity index (χ1n) is 8.31. The monoisotopic (exact) mass is 318 g/mol. The zero-order valence-electron chi connectivity index (χ0n) is 15.2. The highest BCUT2D eigenvalue weighted by atomic mass is 16.2. The smallest absolute Gasteiger partial charge is 0.230 e. The maximum Gasteiger partial charge on any atom is 0.230 e. The van der Waals surface area contributed by atoms with Crippen molar-refractivity contribution in [1.29, 1.82) is 0 Å². The molecule has 0 radical (unpaired) electrons. The van der Waals surface area contributed by atoms with E-state index in [9.17, 15) is 9.59 Å². The van der Waals surface area contributed by atoms with E-state index in [0.717, 1.165) is 12.8 Å². The highest BCUT2D eigenvalue weighted by Gasteiger charge is 2.29. The minimum Gasteiger partial charge on any atom is -0.326 e. The van der Waals surface area contributed by atoms with Crippen molar-refractivity contribution in [3.63, 3.8) is 0 Å². The predicted octanol–water partition coefficient (Wildman–Crippen LogP) is 4.83. The number of rotatable bonds is 6. The van der Waals surface area contributed by atoms with Gasteiger partial charge in [-0.2, -0.15) is 0 Å². The van der Waals surface area contributed by atoms with Crippen LogP contribution < -0.4 is 10.6 Å². The normalized spacial score (nSPS) is 11.9. The minimum absolute atomic E-state index is 0.0145. The molecule has 0 aromatic heterocycles. The molecule has 0 aliphatic heterocycles. The van der Waals surface area contributed by atoms with Gasteiger partial charge < -0.3 is 10.6 Å². The van der Waals surface area contributed by atoms with E-state index in [2.05, 4.69) is 10.6 Å². The molecule has 23 heavy (non-hydrogen) atoms. The molecular formula is C19H30N2O2. The van der Waals surface area contributed by atoms with E-state index in [1.54, 1.807) is 6.07 Å². The maximum atomic E-state index is 12.4. The molecule has 2 N–H and O–H groups in total. The topological polar surface area (TPSA) is 58.2 Å². The molecule has 2 amide bonds. The Morgan fingerprint density at radius 1 is 0.957 bits per heavy atom. The SMILES string of the molecule is CCC(C)(CC)C(=O)Nc1cccc(NC(=O)CC(C)(C)C)c1. The van der Waals surface area contributed by atoms with Gasteiger partial charge in [-0.05, 0) is 36.5 Å². The van der Waals surface area contributed by atoms with Gasteiger partial charge in [0.1, 0.15) is 0 Å². The van der Waals surface area contributed by atoms with Crippen molar-refractivity contribution in [3.05, 3.63) is 24.3 Å². The number of nitrogens with one attached hydrogen (secondary N) is 2. The number of benzene rings is 1. The summed E-state index contributed by atoms with van der Waals surface area (Å²) < 4.78 is 0. The van der Waals surface area contributed by atoms with Crippen molar-refractivity contribution in [2.24, 2.45) is 10.8 Å². The van der Waals surface area contributed by atoms with Crippen molar-refractivity contribution in [2.45, 2.75) is 60.8 Å². The summed E-state index contributed by atoms with van der Waals surface area (Å²) >= 11 is 0. The van der Waals surface area contributed by atoms with Gasteiger partial charge in [-0.25, -0.2) is 0 Å². The summed E-state index contributed by atoms with van der Waals surface area (Å²) in [5.41, 5.74) is 0.981. The van der Waals surface area contributed by atoms with Gasteiger partial charge in [-0.3, -0.25) is 9.59 Å². The Labute approximate surface area is 140 Å². The van der Waals surface area contributed by atoms with E-state index in [1.807, 2.05) is 59.7 Å². The molecule has 0 unspecified atom stereocenters. The van der Waals surface area contributed by atoms with Gasteiger partial charge in [-0.15, -0.1) is 0 Å². The fraction of sp³-hybridized carbons (Fsp3) is 0.579. The van der Waals surface area contributed by atoms with Crippen LogP contribution in [0.5, 0.6) is 0 Å². The Kier molecular flexibility index (Phi) is 6.37. The van der Waals surface area contributed by atoms with E-state index in [0.29, 0.717) is 17.8 Å². The van der Waals surface area contributed by atoms with Gasteiger partial charge in [0.05, 0.1) is 0 Å². The van der Waals surface area contributed by atoms with E-state index < -0.39 is 0 Å². The predicted molar refractivity (Wildman–Crippen MR) is 96.5 cm³/mol. The molecule has 0 spiro atoms. The van der Waals surface area contributed by atoms with Crippen molar-refractivity contribution in [1.82, 2.24) is 0 Å². The molecule has 0 saturated heterocycles. The van der Waals surface area contributed by atoms with E-state index in [4.69, 9.17) is 0 Å². The summed E-state index contributed by atoms with van der Waals surface area (Å²) in [7, 11) is 0. The van der Waals surface area contributed by atoms with Crippen LogP contribution >= 0.6 is 0 Å². The van der Waals surface area contributed by atoms with Gasteiger partial charge in [0.15, 0.2) is 0 Å². The van der Waals surface area contributed by atoms with Crippen molar-refractivity contribution < 1.29 is 9.59 Å². The van der Waals surface area contributed by atoms with Crippen LogP contribution in [0.15, 0.2) is 24.3 Å². The van der Waals surface area contributed by atoms with Crippen LogP contribution in [-0.2, 0) is 9.59 Å². The summed E-state index contributed by atoms with van der Waals surface area (Å²) in [6.07, 6.45) is 2.03. The first kappa shape index (κ1) is 19.2. The Morgan fingerprint density at radius 2 is 1.48 bits per heavy atom. The molecule has 0 aliphatic rings. The molecular weight excluding hydrogens is 288 g/mol. The second kappa shape index (κ2) is 7.62. The molecule has 1 rings (SSSR count). The molecule has 0 fully saturated rings. The number of carbonyl (C=O) groups is 2. The standard InChI is InChI=1S/C19H30N2O2/c1-7-19(6,8-2)17(23)21-15-11-9-10-14(12-15)20-16(22)13-18(3,4)5/h9-12H,7-8,13H2,1-6H3,(H,20,22)(H,21,23). The summed E-state index contributed by atoms with van der Waals surface area (Å²) in [6.45, 7) is 12.1. The van der Waals surface area contributed by atoms with Crippen LogP contribution in [0.3, 0.4) is 0 Å². The molecule has 1 aromatic rings. The molecule has 0 aliphatic carbocycles. The molecule has 128 valence electrons. The summed E-state index contributed by atoms with van der Waals surface area (Å²) in [5, 5.41) is 5.84. The van der Waals surface area contributed by atoms with Crippen molar-refractivity contribution >= 4 is 23.2 Å². The van der Waals surface area contributed by atoms with Gasteiger partial charge in [-0.1, -0.05) is 47.6 Å². The minimum atomic E-state index is -0.370.